The monoisotopic (exact) mass is 563 g/mol. The standard InChI is InChI=1S/C35H31O3S2/c1-24(36)26-10-18-32(19-11-26)40(33-20-12-27(13-21-33)25(2)37)34-22-16-31(17-23-34)39-30-14-8-29(9-15-30)35(38)28-6-4-3-5-7-28/h3-25,36-37H,1-2H3/q+1. The Bertz CT molecular complexity index is 1490. The molecule has 0 amide bonds. The molecule has 0 saturated carbocycles. The Morgan fingerprint density at radius 2 is 0.925 bits per heavy atom. The highest BCUT2D eigenvalue weighted by Crippen LogP contribution is 2.35. The highest BCUT2D eigenvalue weighted by molar-refractivity contribution is 7.99. The predicted molar refractivity (Wildman–Crippen MR) is 163 cm³/mol. The van der Waals surface area contributed by atoms with Crippen molar-refractivity contribution >= 4 is 28.4 Å². The van der Waals surface area contributed by atoms with Crippen LogP contribution in [0, 0.1) is 0 Å². The van der Waals surface area contributed by atoms with E-state index in [0.717, 1.165) is 30.7 Å². The van der Waals surface area contributed by atoms with Crippen LogP contribution < -0.4 is 0 Å². The smallest absolute Gasteiger partial charge is 0.193 e. The quantitative estimate of drug-likeness (QED) is 0.140. The molecule has 0 aliphatic heterocycles. The zero-order valence-corrected chi connectivity index (χ0v) is 24.0. The Morgan fingerprint density at radius 1 is 0.550 bits per heavy atom. The molecule has 0 aliphatic carbocycles. The molecule has 5 rings (SSSR count). The molecule has 0 aliphatic rings. The van der Waals surface area contributed by atoms with E-state index in [0.29, 0.717) is 11.1 Å². The third-order valence-electron chi connectivity index (χ3n) is 6.64. The largest absolute Gasteiger partial charge is 0.389 e. The van der Waals surface area contributed by atoms with Crippen LogP contribution in [0.15, 0.2) is 152 Å². The second-order valence-electron chi connectivity index (χ2n) is 9.59. The fourth-order valence-electron chi connectivity index (χ4n) is 4.38. The number of benzene rings is 5. The molecule has 0 fully saturated rings. The van der Waals surface area contributed by atoms with Crippen LogP contribution >= 0.6 is 11.8 Å². The van der Waals surface area contributed by atoms with Crippen LogP contribution in [0.5, 0.6) is 0 Å². The summed E-state index contributed by atoms with van der Waals surface area (Å²) in [4.78, 5) is 18.4. The van der Waals surface area contributed by atoms with Gasteiger partial charge in [-0.1, -0.05) is 66.4 Å². The van der Waals surface area contributed by atoms with Crippen LogP contribution in [-0.2, 0) is 10.9 Å². The average molecular weight is 564 g/mol. The molecular weight excluding hydrogens is 533 g/mol. The van der Waals surface area contributed by atoms with Crippen molar-refractivity contribution < 1.29 is 15.0 Å². The van der Waals surface area contributed by atoms with Crippen molar-refractivity contribution in [2.75, 3.05) is 0 Å². The molecule has 0 heterocycles. The van der Waals surface area contributed by atoms with Crippen LogP contribution in [0.1, 0.15) is 53.1 Å². The van der Waals surface area contributed by atoms with Crippen LogP contribution in [0.2, 0.25) is 0 Å². The predicted octanol–water partition coefficient (Wildman–Crippen LogP) is 8.27. The first-order chi connectivity index (χ1) is 19.4. The summed E-state index contributed by atoms with van der Waals surface area (Å²) in [6.45, 7) is 3.54. The number of ketones is 1. The van der Waals surface area contributed by atoms with Gasteiger partial charge in [-0.3, -0.25) is 4.79 Å². The highest BCUT2D eigenvalue weighted by Gasteiger charge is 2.29. The molecule has 0 saturated heterocycles. The van der Waals surface area contributed by atoms with Crippen LogP contribution in [0.3, 0.4) is 0 Å². The van der Waals surface area contributed by atoms with Crippen molar-refractivity contribution in [3.8, 4) is 0 Å². The molecule has 3 nitrogen and oxygen atoms in total. The van der Waals surface area contributed by atoms with Crippen LogP contribution in [0.4, 0.5) is 0 Å². The Kier molecular flexibility index (Phi) is 8.88. The molecule has 5 aromatic carbocycles. The van der Waals surface area contributed by atoms with Crippen molar-refractivity contribution in [3.05, 3.63) is 150 Å². The molecule has 200 valence electrons. The maximum Gasteiger partial charge on any atom is 0.193 e. The molecule has 2 unspecified atom stereocenters. The number of hydrogen-bond acceptors (Lipinski definition) is 4. The summed E-state index contributed by atoms with van der Waals surface area (Å²) in [5.41, 5.74) is 3.15. The minimum atomic E-state index is -0.511. The SMILES string of the molecule is CC(O)c1ccc([S+](c2ccc(Sc3ccc(C(=O)c4ccccc4)cc3)cc2)c2ccc(C(C)O)cc2)cc1. The van der Waals surface area contributed by atoms with E-state index >= 15 is 0 Å². The van der Waals surface area contributed by atoms with E-state index in [2.05, 4.69) is 48.5 Å². The molecule has 5 heteroatoms. The number of rotatable bonds is 9. The fraction of sp³-hybridized carbons (Fsp3) is 0.114. The van der Waals surface area contributed by atoms with Gasteiger partial charge in [0.1, 0.15) is 0 Å². The second-order valence-corrected chi connectivity index (χ2v) is 12.8. The lowest BCUT2D eigenvalue weighted by molar-refractivity contribution is 0.103. The van der Waals surface area contributed by atoms with Gasteiger partial charge in [-0.05, 0) is 97.8 Å². The molecule has 2 atom stereocenters. The zero-order chi connectivity index (χ0) is 28.1. The molecule has 0 radical (unpaired) electrons. The molecule has 40 heavy (non-hydrogen) atoms. The maximum atomic E-state index is 12.7. The number of hydrogen-bond donors (Lipinski definition) is 2. The maximum absolute atomic E-state index is 12.7. The first-order valence-electron chi connectivity index (χ1n) is 13.2. The zero-order valence-electron chi connectivity index (χ0n) is 22.4. The Hall–Kier alpha value is -3.61. The normalized spacial score (nSPS) is 13.4. The Balaban J connectivity index is 1.37. The Morgan fingerprint density at radius 3 is 1.35 bits per heavy atom. The van der Waals surface area contributed by atoms with Gasteiger partial charge >= 0.3 is 0 Å². The van der Waals surface area contributed by atoms with Gasteiger partial charge in [0, 0.05) is 20.9 Å². The molecule has 0 spiro atoms. The van der Waals surface area contributed by atoms with Gasteiger partial charge in [-0.2, -0.15) is 0 Å². The summed E-state index contributed by atoms with van der Waals surface area (Å²) >= 11 is 1.66. The van der Waals surface area contributed by atoms with E-state index in [9.17, 15) is 15.0 Å². The third kappa shape index (κ3) is 6.57. The topological polar surface area (TPSA) is 57.5 Å². The number of aliphatic hydroxyl groups excluding tert-OH is 2. The second kappa shape index (κ2) is 12.7. The van der Waals surface area contributed by atoms with Crippen LogP contribution in [-0.4, -0.2) is 16.0 Å². The van der Waals surface area contributed by atoms with E-state index < -0.39 is 12.2 Å². The van der Waals surface area contributed by atoms with Crippen LogP contribution in [0.25, 0.3) is 0 Å². The summed E-state index contributed by atoms with van der Waals surface area (Å²) < 4.78 is 0. The van der Waals surface area contributed by atoms with Gasteiger partial charge in [0.25, 0.3) is 0 Å². The first kappa shape index (κ1) is 27.9. The summed E-state index contributed by atoms with van der Waals surface area (Å²) in [5.74, 6) is 0.0245. The van der Waals surface area contributed by atoms with Crippen molar-refractivity contribution in [2.24, 2.45) is 0 Å². The third-order valence-corrected chi connectivity index (χ3v) is 9.89. The lowest BCUT2D eigenvalue weighted by Gasteiger charge is -2.11. The molecule has 0 bridgehead atoms. The van der Waals surface area contributed by atoms with Crippen molar-refractivity contribution in [1.29, 1.82) is 0 Å². The van der Waals surface area contributed by atoms with E-state index in [1.54, 1.807) is 25.6 Å². The summed E-state index contributed by atoms with van der Waals surface area (Å²) in [5, 5.41) is 20.0. The number of aliphatic hydroxyl groups is 2. The molecule has 0 aromatic heterocycles. The van der Waals surface area contributed by atoms with E-state index in [1.807, 2.05) is 78.9 Å². The number of carbonyl (C=O) groups is 1. The molecule has 5 aromatic rings. The van der Waals surface area contributed by atoms with Gasteiger partial charge in [0.05, 0.1) is 23.1 Å². The summed E-state index contributed by atoms with van der Waals surface area (Å²) in [6.07, 6.45) is -1.02. The summed E-state index contributed by atoms with van der Waals surface area (Å²) in [7, 11) is -0.349. The van der Waals surface area contributed by atoms with E-state index in [4.69, 9.17) is 0 Å². The fourth-order valence-corrected chi connectivity index (χ4v) is 7.24. The van der Waals surface area contributed by atoms with Crippen molar-refractivity contribution in [1.82, 2.24) is 0 Å². The number of carbonyl (C=O) groups excluding carboxylic acids is 1. The molecular formula is C35H31O3S2+. The van der Waals surface area contributed by atoms with Crippen molar-refractivity contribution in [3.63, 3.8) is 0 Å². The van der Waals surface area contributed by atoms with Crippen molar-refractivity contribution in [2.45, 2.75) is 50.5 Å². The van der Waals surface area contributed by atoms with Gasteiger partial charge in [0.2, 0.25) is 0 Å². The van der Waals surface area contributed by atoms with Gasteiger partial charge in [0.15, 0.2) is 20.5 Å². The van der Waals surface area contributed by atoms with Gasteiger partial charge in [-0.15, -0.1) is 0 Å². The van der Waals surface area contributed by atoms with E-state index in [-0.39, 0.29) is 16.7 Å². The highest BCUT2D eigenvalue weighted by atomic mass is 32.2. The lowest BCUT2D eigenvalue weighted by Crippen LogP contribution is -2.06. The minimum Gasteiger partial charge on any atom is -0.389 e. The average Bonchev–Trinajstić information content (AvgIpc) is 2.99. The summed E-state index contributed by atoms with van der Waals surface area (Å²) in [6, 6.07) is 42.0. The van der Waals surface area contributed by atoms with E-state index in [1.165, 1.54) is 4.90 Å². The molecule has 2 N–H and O–H groups in total. The minimum absolute atomic E-state index is 0.0245. The lowest BCUT2D eigenvalue weighted by atomic mass is 10.0. The van der Waals surface area contributed by atoms with Gasteiger partial charge in [-0.25, -0.2) is 0 Å². The van der Waals surface area contributed by atoms with Gasteiger partial charge < -0.3 is 10.2 Å². The Labute approximate surface area is 242 Å². The first-order valence-corrected chi connectivity index (χ1v) is 15.2.